The summed E-state index contributed by atoms with van der Waals surface area (Å²) in [7, 11) is 0. The number of hydrogen-bond donors (Lipinski definition) is 2. The van der Waals surface area contributed by atoms with Crippen molar-refractivity contribution in [2.75, 3.05) is 0 Å². The van der Waals surface area contributed by atoms with Gasteiger partial charge in [-0.3, -0.25) is 0 Å². The van der Waals surface area contributed by atoms with Gasteiger partial charge in [0.2, 0.25) is 0 Å². The zero-order chi connectivity index (χ0) is 15.4. The molecule has 2 rings (SSSR count). The zero-order valence-corrected chi connectivity index (χ0v) is 12.1. The van der Waals surface area contributed by atoms with Gasteiger partial charge in [0, 0.05) is 23.7 Å². The highest BCUT2D eigenvalue weighted by Crippen LogP contribution is 2.19. The molecule has 0 aliphatic carbocycles. The summed E-state index contributed by atoms with van der Waals surface area (Å²) in [6, 6.07) is 10.5. The maximum Gasteiger partial charge on any atom is 0.130 e. The molecule has 0 saturated carbocycles. The Balaban J connectivity index is 1.98. The highest BCUT2D eigenvalue weighted by Gasteiger charge is 2.14. The Bertz CT molecular complexity index is 598. The van der Waals surface area contributed by atoms with E-state index in [2.05, 4.69) is 5.32 Å². The maximum atomic E-state index is 13.7. The minimum atomic E-state index is -0.569. The van der Waals surface area contributed by atoms with Crippen LogP contribution in [0.25, 0.3) is 0 Å². The Morgan fingerprint density at radius 1 is 1.05 bits per heavy atom. The third-order valence-corrected chi connectivity index (χ3v) is 3.44. The number of phenols is 1. The van der Waals surface area contributed by atoms with Crippen molar-refractivity contribution in [2.24, 2.45) is 0 Å². The number of phenolic OH excluding ortho intramolecular Hbond substituents is 1. The smallest absolute Gasteiger partial charge is 0.130 e. The summed E-state index contributed by atoms with van der Waals surface area (Å²) in [4.78, 5) is 0. The Kier molecular flexibility index (Phi) is 4.91. The second-order valence-electron chi connectivity index (χ2n) is 5.33. The molecule has 0 spiro atoms. The van der Waals surface area contributed by atoms with Gasteiger partial charge in [-0.2, -0.15) is 0 Å². The molecule has 2 nitrogen and oxygen atoms in total. The van der Waals surface area contributed by atoms with Crippen LogP contribution in [0.3, 0.4) is 0 Å². The van der Waals surface area contributed by atoms with Gasteiger partial charge in [-0.05, 0) is 44.0 Å². The van der Waals surface area contributed by atoms with E-state index in [1.165, 1.54) is 12.1 Å². The topological polar surface area (TPSA) is 32.3 Å². The summed E-state index contributed by atoms with van der Waals surface area (Å²) in [5.74, 6) is -0.867. The van der Waals surface area contributed by atoms with Crippen LogP contribution in [-0.2, 0) is 6.42 Å². The van der Waals surface area contributed by atoms with Gasteiger partial charge < -0.3 is 10.4 Å². The summed E-state index contributed by atoms with van der Waals surface area (Å²) in [5, 5.41) is 12.5. The SMILES string of the molecule is CC(Cc1ccc(O)cc1)NC(C)c1ccc(F)cc1F. The maximum absolute atomic E-state index is 13.7. The molecule has 0 amide bonds. The van der Waals surface area contributed by atoms with E-state index in [0.29, 0.717) is 5.56 Å². The Hall–Kier alpha value is -1.94. The molecular weight excluding hydrogens is 272 g/mol. The number of aromatic hydroxyl groups is 1. The third kappa shape index (κ3) is 4.26. The van der Waals surface area contributed by atoms with Crippen LogP contribution in [0.15, 0.2) is 42.5 Å². The van der Waals surface area contributed by atoms with E-state index in [0.717, 1.165) is 18.1 Å². The first-order valence-corrected chi connectivity index (χ1v) is 6.94. The first-order valence-electron chi connectivity index (χ1n) is 6.94. The second kappa shape index (κ2) is 6.68. The number of nitrogens with one attached hydrogen (secondary N) is 1. The fourth-order valence-electron chi connectivity index (χ4n) is 2.41. The molecule has 0 aliphatic heterocycles. The predicted molar refractivity (Wildman–Crippen MR) is 79.2 cm³/mol. The van der Waals surface area contributed by atoms with Crippen LogP contribution in [0.2, 0.25) is 0 Å². The second-order valence-corrected chi connectivity index (χ2v) is 5.33. The third-order valence-electron chi connectivity index (χ3n) is 3.44. The lowest BCUT2D eigenvalue weighted by Crippen LogP contribution is -2.31. The normalized spacial score (nSPS) is 13.9. The Morgan fingerprint density at radius 2 is 1.71 bits per heavy atom. The van der Waals surface area contributed by atoms with Crippen molar-refractivity contribution in [1.29, 1.82) is 0 Å². The lowest BCUT2D eigenvalue weighted by atomic mass is 10.0. The van der Waals surface area contributed by atoms with Crippen molar-refractivity contribution in [3.8, 4) is 5.75 Å². The minimum Gasteiger partial charge on any atom is -0.508 e. The van der Waals surface area contributed by atoms with Crippen molar-refractivity contribution in [3.05, 3.63) is 65.2 Å². The van der Waals surface area contributed by atoms with Crippen LogP contribution >= 0.6 is 0 Å². The van der Waals surface area contributed by atoms with Gasteiger partial charge in [-0.1, -0.05) is 18.2 Å². The lowest BCUT2D eigenvalue weighted by molar-refractivity contribution is 0.456. The number of rotatable bonds is 5. The van der Waals surface area contributed by atoms with Crippen LogP contribution in [0.4, 0.5) is 8.78 Å². The molecule has 4 heteroatoms. The quantitative estimate of drug-likeness (QED) is 0.874. The number of benzene rings is 2. The van der Waals surface area contributed by atoms with E-state index in [4.69, 9.17) is 0 Å². The van der Waals surface area contributed by atoms with Crippen molar-refractivity contribution in [2.45, 2.75) is 32.4 Å². The van der Waals surface area contributed by atoms with Crippen LogP contribution in [0.1, 0.15) is 31.0 Å². The first kappa shape index (κ1) is 15.4. The Morgan fingerprint density at radius 3 is 2.33 bits per heavy atom. The summed E-state index contributed by atoms with van der Waals surface area (Å²) in [5.41, 5.74) is 1.54. The summed E-state index contributed by atoms with van der Waals surface area (Å²) < 4.78 is 26.6. The molecule has 2 atom stereocenters. The van der Waals surface area contributed by atoms with E-state index in [-0.39, 0.29) is 17.8 Å². The van der Waals surface area contributed by atoms with E-state index >= 15 is 0 Å². The van der Waals surface area contributed by atoms with Crippen LogP contribution in [0, 0.1) is 11.6 Å². The molecular formula is C17H19F2NO. The van der Waals surface area contributed by atoms with Gasteiger partial charge in [0.25, 0.3) is 0 Å². The molecule has 2 N–H and O–H groups in total. The molecule has 0 heterocycles. The van der Waals surface area contributed by atoms with Crippen LogP contribution in [-0.4, -0.2) is 11.1 Å². The van der Waals surface area contributed by atoms with Gasteiger partial charge in [-0.25, -0.2) is 8.78 Å². The van der Waals surface area contributed by atoms with Gasteiger partial charge in [0.15, 0.2) is 0 Å². The molecule has 0 bridgehead atoms. The van der Waals surface area contributed by atoms with Crippen molar-refractivity contribution < 1.29 is 13.9 Å². The monoisotopic (exact) mass is 291 g/mol. The van der Waals surface area contributed by atoms with Crippen molar-refractivity contribution in [1.82, 2.24) is 5.32 Å². The standard InChI is InChI=1S/C17H19F2NO/c1-11(9-13-3-6-15(21)7-4-13)20-12(2)16-8-5-14(18)10-17(16)19/h3-8,10-12,20-21H,9H2,1-2H3. The molecule has 0 saturated heterocycles. The van der Waals surface area contributed by atoms with E-state index in [1.807, 2.05) is 26.0 Å². The van der Waals surface area contributed by atoms with Gasteiger partial charge in [0.05, 0.1) is 0 Å². The number of halogens is 2. The average Bonchev–Trinajstić information content (AvgIpc) is 2.41. The van der Waals surface area contributed by atoms with E-state index in [9.17, 15) is 13.9 Å². The molecule has 112 valence electrons. The molecule has 0 radical (unpaired) electrons. The van der Waals surface area contributed by atoms with Gasteiger partial charge in [-0.15, -0.1) is 0 Å². The first-order chi connectivity index (χ1) is 9.95. The molecule has 0 aliphatic rings. The Labute approximate surface area is 123 Å². The van der Waals surface area contributed by atoms with E-state index < -0.39 is 11.6 Å². The number of hydrogen-bond acceptors (Lipinski definition) is 2. The molecule has 2 unspecified atom stereocenters. The molecule has 2 aromatic rings. The van der Waals surface area contributed by atoms with Crippen molar-refractivity contribution >= 4 is 0 Å². The average molecular weight is 291 g/mol. The van der Waals surface area contributed by atoms with Gasteiger partial charge in [0.1, 0.15) is 17.4 Å². The summed E-state index contributed by atoms with van der Waals surface area (Å²) in [6.45, 7) is 3.86. The van der Waals surface area contributed by atoms with Crippen LogP contribution < -0.4 is 5.32 Å². The van der Waals surface area contributed by atoms with Crippen LogP contribution in [0.5, 0.6) is 5.75 Å². The largest absolute Gasteiger partial charge is 0.508 e. The van der Waals surface area contributed by atoms with Crippen molar-refractivity contribution in [3.63, 3.8) is 0 Å². The molecule has 0 fully saturated rings. The molecule has 0 aromatic heterocycles. The molecule has 2 aromatic carbocycles. The fraction of sp³-hybridized carbons (Fsp3) is 0.294. The zero-order valence-electron chi connectivity index (χ0n) is 12.1. The van der Waals surface area contributed by atoms with E-state index in [1.54, 1.807) is 12.1 Å². The predicted octanol–water partition coefficient (Wildman–Crippen LogP) is 3.95. The highest BCUT2D eigenvalue weighted by atomic mass is 19.1. The minimum absolute atomic E-state index is 0.119. The highest BCUT2D eigenvalue weighted by molar-refractivity contribution is 5.26. The van der Waals surface area contributed by atoms with Gasteiger partial charge >= 0.3 is 0 Å². The summed E-state index contributed by atoms with van der Waals surface area (Å²) >= 11 is 0. The summed E-state index contributed by atoms with van der Waals surface area (Å²) in [6.07, 6.45) is 0.757. The fourth-order valence-corrected chi connectivity index (χ4v) is 2.41. The lowest BCUT2D eigenvalue weighted by Gasteiger charge is -2.21. The molecule has 21 heavy (non-hydrogen) atoms.